The van der Waals surface area contributed by atoms with Gasteiger partial charge < -0.3 is 9.52 Å². The van der Waals surface area contributed by atoms with E-state index in [2.05, 4.69) is 5.18 Å². The normalized spacial score (nSPS) is 13.4. The number of nitroso groups, excluding NO2 is 1. The maximum absolute atomic E-state index is 11.8. The number of hydrogen-bond acceptors (Lipinski definition) is 4. The van der Waals surface area contributed by atoms with Crippen LogP contribution < -0.4 is 0 Å². The van der Waals surface area contributed by atoms with Crippen LogP contribution in [-0.2, 0) is 11.2 Å². The Morgan fingerprint density at radius 2 is 1.66 bits per heavy atom. The molecule has 1 N–H and O–H groups in total. The van der Waals surface area contributed by atoms with Crippen LogP contribution in [0.2, 0.25) is 0 Å². The van der Waals surface area contributed by atoms with Crippen LogP contribution in [0.4, 0.5) is 0 Å². The van der Waals surface area contributed by atoms with Crippen LogP contribution in [0.25, 0.3) is 21.9 Å². The first-order valence-corrected chi connectivity index (χ1v) is 9.65. The van der Waals surface area contributed by atoms with Gasteiger partial charge in [-0.05, 0) is 48.1 Å². The SMILES string of the molecule is O=NC(c1ccc2oc3ccccc3c2c1)C(CCc1ccccc1)CC(=O)O. The van der Waals surface area contributed by atoms with Crippen LogP contribution in [-0.4, -0.2) is 11.1 Å². The highest BCUT2D eigenvalue weighted by atomic mass is 16.4. The molecule has 0 amide bonds. The maximum Gasteiger partial charge on any atom is 0.303 e. The Morgan fingerprint density at radius 3 is 2.41 bits per heavy atom. The van der Waals surface area contributed by atoms with Crippen molar-refractivity contribution in [3.8, 4) is 0 Å². The molecule has 0 saturated carbocycles. The number of carboxylic acid groups (broad SMARTS) is 1. The summed E-state index contributed by atoms with van der Waals surface area (Å²) in [4.78, 5) is 23.3. The molecule has 0 aliphatic heterocycles. The Bertz CT molecular complexity index is 1150. The molecule has 0 fully saturated rings. The lowest BCUT2D eigenvalue weighted by atomic mass is 9.86. The monoisotopic (exact) mass is 387 g/mol. The predicted molar refractivity (Wildman–Crippen MR) is 113 cm³/mol. The minimum atomic E-state index is -0.924. The summed E-state index contributed by atoms with van der Waals surface area (Å²) in [6.07, 6.45) is 1.16. The highest BCUT2D eigenvalue weighted by molar-refractivity contribution is 6.05. The van der Waals surface area contributed by atoms with E-state index in [1.54, 1.807) is 0 Å². The van der Waals surface area contributed by atoms with Gasteiger partial charge in [0.15, 0.2) is 0 Å². The third-order valence-electron chi connectivity index (χ3n) is 5.39. The van der Waals surface area contributed by atoms with Gasteiger partial charge in [-0.3, -0.25) is 4.79 Å². The van der Waals surface area contributed by atoms with E-state index in [9.17, 15) is 14.8 Å². The van der Waals surface area contributed by atoms with E-state index in [1.807, 2.05) is 72.8 Å². The largest absolute Gasteiger partial charge is 0.481 e. The highest BCUT2D eigenvalue weighted by Crippen LogP contribution is 2.36. The lowest BCUT2D eigenvalue weighted by molar-refractivity contribution is -0.138. The first-order chi connectivity index (χ1) is 14.2. The quantitative estimate of drug-likeness (QED) is 0.370. The fourth-order valence-corrected chi connectivity index (χ4v) is 3.94. The summed E-state index contributed by atoms with van der Waals surface area (Å²) in [5.41, 5.74) is 3.35. The van der Waals surface area contributed by atoms with Gasteiger partial charge in [0.1, 0.15) is 17.2 Å². The minimum absolute atomic E-state index is 0.104. The van der Waals surface area contributed by atoms with E-state index < -0.39 is 12.0 Å². The predicted octanol–water partition coefficient (Wildman–Crippen LogP) is 6.12. The fraction of sp³-hybridized carbons (Fsp3) is 0.208. The first-order valence-electron chi connectivity index (χ1n) is 9.65. The number of aryl methyl sites for hydroxylation is 1. The number of aliphatic carboxylic acids is 1. The van der Waals surface area contributed by atoms with E-state index in [0.717, 1.165) is 33.1 Å². The summed E-state index contributed by atoms with van der Waals surface area (Å²) in [5.74, 6) is -1.31. The molecule has 0 bridgehead atoms. The third-order valence-corrected chi connectivity index (χ3v) is 5.39. The number of rotatable bonds is 8. The van der Waals surface area contributed by atoms with Gasteiger partial charge in [0.05, 0.1) is 6.42 Å². The van der Waals surface area contributed by atoms with Crippen molar-refractivity contribution in [1.29, 1.82) is 0 Å². The summed E-state index contributed by atoms with van der Waals surface area (Å²) < 4.78 is 5.85. The molecule has 0 radical (unpaired) electrons. The topological polar surface area (TPSA) is 79.9 Å². The van der Waals surface area contributed by atoms with Gasteiger partial charge in [0.2, 0.25) is 0 Å². The average Bonchev–Trinajstić information content (AvgIpc) is 3.11. The first kappa shape index (κ1) is 18.9. The molecule has 2 unspecified atom stereocenters. The molecule has 0 saturated heterocycles. The van der Waals surface area contributed by atoms with Crippen LogP contribution in [0.1, 0.15) is 30.0 Å². The van der Waals surface area contributed by atoms with Gasteiger partial charge in [-0.2, -0.15) is 4.91 Å². The zero-order valence-electron chi connectivity index (χ0n) is 15.8. The van der Waals surface area contributed by atoms with E-state index >= 15 is 0 Å². The zero-order chi connectivity index (χ0) is 20.2. The number of benzene rings is 3. The standard InChI is InChI=1S/C24H21NO4/c26-23(27)15-18(11-10-16-6-2-1-3-7-16)24(25-28)17-12-13-22-20(14-17)19-8-4-5-9-21(19)29-22/h1-9,12-14,18,24H,10-11,15H2,(H,26,27). The Labute approximate surface area is 167 Å². The molecule has 146 valence electrons. The molecule has 3 aromatic carbocycles. The summed E-state index contributed by atoms with van der Waals surface area (Å²) in [7, 11) is 0. The number of carboxylic acids is 1. The van der Waals surface area contributed by atoms with Gasteiger partial charge >= 0.3 is 5.97 Å². The van der Waals surface area contributed by atoms with Gasteiger partial charge in [0, 0.05) is 10.8 Å². The van der Waals surface area contributed by atoms with Crippen molar-refractivity contribution < 1.29 is 14.3 Å². The summed E-state index contributed by atoms with van der Waals surface area (Å²) >= 11 is 0. The maximum atomic E-state index is 11.8. The van der Waals surface area contributed by atoms with E-state index in [1.165, 1.54) is 0 Å². The van der Waals surface area contributed by atoms with Gasteiger partial charge in [-0.15, -0.1) is 0 Å². The van der Waals surface area contributed by atoms with Crippen LogP contribution in [0.3, 0.4) is 0 Å². The van der Waals surface area contributed by atoms with Gasteiger partial charge in [0.25, 0.3) is 0 Å². The minimum Gasteiger partial charge on any atom is -0.481 e. The fourth-order valence-electron chi connectivity index (χ4n) is 3.94. The molecule has 1 heterocycles. The van der Waals surface area contributed by atoms with Gasteiger partial charge in [-0.25, -0.2) is 0 Å². The van der Waals surface area contributed by atoms with Crippen molar-refractivity contribution in [2.45, 2.75) is 25.3 Å². The number of carbonyl (C=O) groups is 1. The second-order valence-corrected chi connectivity index (χ2v) is 7.29. The molecule has 5 heteroatoms. The van der Waals surface area contributed by atoms with Crippen LogP contribution in [0.15, 0.2) is 82.4 Å². The smallest absolute Gasteiger partial charge is 0.303 e. The Morgan fingerprint density at radius 1 is 0.931 bits per heavy atom. The number of nitrogens with zero attached hydrogens (tertiary/aromatic N) is 1. The molecule has 29 heavy (non-hydrogen) atoms. The van der Waals surface area contributed by atoms with E-state index in [-0.39, 0.29) is 12.3 Å². The summed E-state index contributed by atoms with van der Waals surface area (Å²) in [5, 5.41) is 14.6. The second-order valence-electron chi connectivity index (χ2n) is 7.29. The third kappa shape index (κ3) is 4.04. The molecule has 4 rings (SSSR count). The molecule has 0 spiro atoms. The average molecular weight is 387 g/mol. The Hall–Kier alpha value is -3.47. The van der Waals surface area contributed by atoms with Crippen LogP contribution >= 0.6 is 0 Å². The molecule has 2 atom stereocenters. The second kappa shape index (κ2) is 8.27. The van der Waals surface area contributed by atoms with Crippen LogP contribution in [0, 0.1) is 10.8 Å². The zero-order valence-corrected chi connectivity index (χ0v) is 15.8. The van der Waals surface area contributed by atoms with Crippen LogP contribution in [0.5, 0.6) is 0 Å². The lowest BCUT2D eigenvalue weighted by Gasteiger charge is -2.21. The molecule has 5 nitrogen and oxygen atoms in total. The number of para-hydroxylation sites is 1. The van der Waals surface area contributed by atoms with Gasteiger partial charge in [-0.1, -0.05) is 59.8 Å². The van der Waals surface area contributed by atoms with Crippen molar-refractivity contribution in [2.24, 2.45) is 11.1 Å². The summed E-state index contributed by atoms with van der Waals surface area (Å²) in [6, 6.07) is 22.4. The molecule has 4 aromatic rings. The van der Waals surface area contributed by atoms with Crippen molar-refractivity contribution >= 4 is 27.9 Å². The Kier molecular flexibility index (Phi) is 5.38. The van der Waals surface area contributed by atoms with E-state index in [4.69, 9.17) is 4.42 Å². The lowest BCUT2D eigenvalue weighted by Crippen LogP contribution is -2.16. The molecule has 1 aromatic heterocycles. The van der Waals surface area contributed by atoms with Crippen molar-refractivity contribution in [1.82, 2.24) is 0 Å². The molecule has 0 aliphatic carbocycles. The number of fused-ring (bicyclic) bond motifs is 3. The number of furan rings is 1. The highest BCUT2D eigenvalue weighted by Gasteiger charge is 2.27. The summed E-state index contributed by atoms with van der Waals surface area (Å²) in [6.45, 7) is 0. The molecule has 0 aliphatic rings. The van der Waals surface area contributed by atoms with Crippen molar-refractivity contribution in [3.63, 3.8) is 0 Å². The van der Waals surface area contributed by atoms with Crippen molar-refractivity contribution in [2.75, 3.05) is 0 Å². The van der Waals surface area contributed by atoms with Crippen molar-refractivity contribution in [3.05, 3.63) is 88.8 Å². The molecular weight excluding hydrogens is 366 g/mol. The number of hydrogen-bond donors (Lipinski definition) is 1. The Balaban J connectivity index is 1.67. The molecular formula is C24H21NO4. The van der Waals surface area contributed by atoms with E-state index in [0.29, 0.717) is 12.8 Å².